The number of para-hydroxylation sites is 1. The Hall–Kier alpha value is -2.33. The van der Waals surface area contributed by atoms with Crippen molar-refractivity contribution in [1.29, 1.82) is 0 Å². The van der Waals surface area contributed by atoms with E-state index in [9.17, 15) is 4.79 Å². The van der Waals surface area contributed by atoms with Crippen LogP contribution in [0.3, 0.4) is 0 Å². The predicted molar refractivity (Wildman–Crippen MR) is 98.7 cm³/mol. The zero-order valence-corrected chi connectivity index (χ0v) is 14.9. The van der Waals surface area contributed by atoms with Gasteiger partial charge in [0, 0.05) is 12.2 Å². The van der Waals surface area contributed by atoms with Crippen molar-refractivity contribution in [2.45, 2.75) is 20.8 Å². The summed E-state index contributed by atoms with van der Waals surface area (Å²) < 4.78 is 5.76. The summed E-state index contributed by atoms with van der Waals surface area (Å²) in [6, 6.07) is 13.9. The van der Waals surface area contributed by atoms with E-state index < -0.39 is 0 Å². The number of carbonyl (C=O) groups is 1. The molecule has 0 saturated heterocycles. The minimum Gasteiger partial charge on any atom is -0.492 e. The molecule has 0 aliphatic rings. The van der Waals surface area contributed by atoms with Crippen molar-refractivity contribution in [3.05, 3.63) is 59.2 Å². The lowest BCUT2D eigenvalue weighted by atomic mass is 10.1. The molecule has 2 aromatic rings. The fourth-order valence-electron chi connectivity index (χ4n) is 2.37. The molecule has 0 bridgehead atoms. The van der Waals surface area contributed by atoms with Gasteiger partial charge in [-0.2, -0.15) is 0 Å². The SMILES string of the molecule is Cc1ccc(NC(=O)CN(C)CCOc2ccccc2C)cc1C. The quantitative estimate of drug-likeness (QED) is 0.846. The molecule has 0 heterocycles. The molecule has 0 radical (unpaired) electrons. The Morgan fingerprint density at radius 3 is 2.50 bits per heavy atom. The van der Waals surface area contributed by atoms with E-state index in [2.05, 4.69) is 12.2 Å². The van der Waals surface area contributed by atoms with E-state index in [0.29, 0.717) is 19.7 Å². The van der Waals surface area contributed by atoms with Crippen LogP contribution in [0.2, 0.25) is 0 Å². The smallest absolute Gasteiger partial charge is 0.238 e. The van der Waals surface area contributed by atoms with Crippen LogP contribution < -0.4 is 10.1 Å². The first-order valence-electron chi connectivity index (χ1n) is 8.20. The average molecular weight is 326 g/mol. The third-order valence-electron chi connectivity index (χ3n) is 4.03. The first-order chi connectivity index (χ1) is 11.5. The number of amides is 1. The number of aryl methyl sites for hydroxylation is 3. The summed E-state index contributed by atoms with van der Waals surface area (Å²) in [7, 11) is 1.92. The zero-order chi connectivity index (χ0) is 17.5. The van der Waals surface area contributed by atoms with Gasteiger partial charge < -0.3 is 10.1 Å². The molecular weight excluding hydrogens is 300 g/mol. The molecule has 1 N–H and O–H groups in total. The number of hydrogen-bond donors (Lipinski definition) is 1. The maximum absolute atomic E-state index is 12.1. The Balaban J connectivity index is 1.75. The van der Waals surface area contributed by atoms with E-state index in [1.165, 1.54) is 11.1 Å². The Kier molecular flexibility index (Phi) is 6.38. The predicted octanol–water partition coefficient (Wildman–Crippen LogP) is 3.56. The molecule has 0 saturated carbocycles. The maximum atomic E-state index is 12.1. The highest BCUT2D eigenvalue weighted by Gasteiger charge is 2.08. The summed E-state index contributed by atoms with van der Waals surface area (Å²) in [5.74, 6) is 0.877. The van der Waals surface area contributed by atoms with Gasteiger partial charge >= 0.3 is 0 Å². The van der Waals surface area contributed by atoms with Crippen molar-refractivity contribution in [3.8, 4) is 5.75 Å². The number of benzene rings is 2. The molecule has 0 aliphatic carbocycles. The van der Waals surface area contributed by atoms with Crippen molar-refractivity contribution in [2.75, 3.05) is 32.1 Å². The van der Waals surface area contributed by atoms with Crippen LogP contribution in [0.15, 0.2) is 42.5 Å². The number of nitrogens with zero attached hydrogens (tertiary/aromatic N) is 1. The molecule has 128 valence electrons. The van der Waals surface area contributed by atoms with E-state index in [0.717, 1.165) is 17.0 Å². The van der Waals surface area contributed by atoms with Crippen molar-refractivity contribution < 1.29 is 9.53 Å². The molecule has 24 heavy (non-hydrogen) atoms. The van der Waals surface area contributed by atoms with E-state index >= 15 is 0 Å². The van der Waals surface area contributed by atoms with Crippen molar-refractivity contribution in [2.24, 2.45) is 0 Å². The molecule has 0 spiro atoms. The highest BCUT2D eigenvalue weighted by Crippen LogP contribution is 2.16. The van der Waals surface area contributed by atoms with E-state index in [1.807, 2.05) is 68.3 Å². The van der Waals surface area contributed by atoms with Gasteiger partial charge in [0.25, 0.3) is 0 Å². The highest BCUT2D eigenvalue weighted by atomic mass is 16.5. The number of nitrogens with one attached hydrogen (secondary N) is 1. The first-order valence-corrected chi connectivity index (χ1v) is 8.20. The van der Waals surface area contributed by atoms with Crippen LogP contribution >= 0.6 is 0 Å². The molecule has 4 nitrogen and oxygen atoms in total. The van der Waals surface area contributed by atoms with E-state index in [-0.39, 0.29) is 5.91 Å². The van der Waals surface area contributed by atoms with Crippen LogP contribution in [0.25, 0.3) is 0 Å². The molecule has 0 aliphatic heterocycles. The van der Waals surface area contributed by atoms with Crippen molar-refractivity contribution in [3.63, 3.8) is 0 Å². The topological polar surface area (TPSA) is 41.6 Å². The van der Waals surface area contributed by atoms with Gasteiger partial charge in [-0.3, -0.25) is 9.69 Å². The second-order valence-corrected chi connectivity index (χ2v) is 6.20. The molecule has 0 fully saturated rings. The summed E-state index contributed by atoms with van der Waals surface area (Å²) >= 11 is 0. The summed E-state index contributed by atoms with van der Waals surface area (Å²) in [5.41, 5.74) is 4.35. The van der Waals surface area contributed by atoms with Gasteiger partial charge in [-0.1, -0.05) is 24.3 Å². The van der Waals surface area contributed by atoms with Crippen molar-refractivity contribution >= 4 is 11.6 Å². The van der Waals surface area contributed by atoms with Gasteiger partial charge in [-0.15, -0.1) is 0 Å². The molecule has 4 heteroatoms. The molecule has 0 atom stereocenters. The van der Waals surface area contributed by atoms with E-state index in [1.54, 1.807) is 0 Å². The number of anilines is 1. The Morgan fingerprint density at radius 1 is 1.04 bits per heavy atom. The van der Waals surface area contributed by atoms with Crippen molar-refractivity contribution in [1.82, 2.24) is 4.90 Å². The Bertz CT molecular complexity index is 698. The summed E-state index contributed by atoms with van der Waals surface area (Å²) in [4.78, 5) is 14.1. The number of carbonyl (C=O) groups excluding carboxylic acids is 1. The van der Waals surface area contributed by atoms with Crippen LogP contribution in [0.4, 0.5) is 5.69 Å². The molecule has 0 unspecified atom stereocenters. The molecule has 0 aromatic heterocycles. The lowest BCUT2D eigenvalue weighted by molar-refractivity contribution is -0.117. The largest absolute Gasteiger partial charge is 0.492 e. The fourth-order valence-corrected chi connectivity index (χ4v) is 2.37. The highest BCUT2D eigenvalue weighted by molar-refractivity contribution is 5.92. The summed E-state index contributed by atoms with van der Waals surface area (Å²) in [6.45, 7) is 7.70. The van der Waals surface area contributed by atoms with Gasteiger partial charge in [-0.05, 0) is 62.7 Å². The molecule has 2 aromatic carbocycles. The van der Waals surface area contributed by atoms with Crippen LogP contribution in [-0.2, 0) is 4.79 Å². The molecule has 1 amide bonds. The normalized spacial score (nSPS) is 10.7. The number of hydrogen-bond acceptors (Lipinski definition) is 3. The molecular formula is C20H26N2O2. The number of likely N-dealkylation sites (N-methyl/N-ethyl adjacent to an activating group) is 1. The first kappa shape index (κ1) is 18.0. The summed E-state index contributed by atoms with van der Waals surface area (Å²) in [5, 5.41) is 2.94. The zero-order valence-electron chi connectivity index (χ0n) is 14.9. The lowest BCUT2D eigenvalue weighted by Gasteiger charge is -2.17. The molecule has 2 rings (SSSR count). The lowest BCUT2D eigenvalue weighted by Crippen LogP contribution is -2.33. The minimum absolute atomic E-state index is 0.0170. The van der Waals surface area contributed by atoms with Gasteiger partial charge in [0.15, 0.2) is 0 Å². The summed E-state index contributed by atoms with van der Waals surface area (Å²) in [6.07, 6.45) is 0. The van der Waals surface area contributed by atoms with Crippen LogP contribution in [-0.4, -0.2) is 37.6 Å². The number of rotatable bonds is 7. The fraction of sp³-hybridized carbons (Fsp3) is 0.350. The maximum Gasteiger partial charge on any atom is 0.238 e. The second-order valence-electron chi connectivity index (χ2n) is 6.20. The van der Waals surface area contributed by atoms with Gasteiger partial charge in [-0.25, -0.2) is 0 Å². The standard InChI is InChI=1S/C20H26N2O2/c1-15-9-10-18(13-17(15)3)21-20(23)14-22(4)11-12-24-19-8-6-5-7-16(19)2/h5-10,13H,11-12,14H2,1-4H3,(H,21,23). The van der Waals surface area contributed by atoms with Gasteiger partial charge in [0.1, 0.15) is 12.4 Å². The second kappa shape index (κ2) is 8.50. The van der Waals surface area contributed by atoms with E-state index in [4.69, 9.17) is 4.74 Å². The van der Waals surface area contributed by atoms with Gasteiger partial charge in [0.05, 0.1) is 6.54 Å². The Labute approximate surface area is 144 Å². The van der Waals surface area contributed by atoms with Crippen LogP contribution in [0.5, 0.6) is 5.75 Å². The third-order valence-corrected chi connectivity index (χ3v) is 4.03. The average Bonchev–Trinajstić information content (AvgIpc) is 2.52. The Morgan fingerprint density at radius 2 is 1.79 bits per heavy atom. The van der Waals surface area contributed by atoms with Gasteiger partial charge in [0.2, 0.25) is 5.91 Å². The van der Waals surface area contributed by atoms with Crippen LogP contribution in [0, 0.1) is 20.8 Å². The monoisotopic (exact) mass is 326 g/mol. The minimum atomic E-state index is -0.0170. The number of ether oxygens (including phenoxy) is 1. The third kappa shape index (κ3) is 5.39. The van der Waals surface area contributed by atoms with Crippen LogP contribution in [0.1, 0.15) is 16.7 Å².